The highest BCUT2D eigenvalue weighted by Crippen LogP contribution is 2.19. The zero-order chi connectivity index (χ0) is 13.5. The Morgan fingerprint density at radius 2 is 2.37 bits per heavy atom. The van der Waals surface area contributed by atoms with Crippen molar-refractivity contribution < 1.29 is 14.2 Å². The summed E-state index contributed by atoms with van der Waals surface area (Å²) in [5.41, 5.74) is 5.92. The summed E-state index contributed by atoms with van der Waals surface area (Å²) in [6.45, 7) is 1.51. The maximum absolute atomic E-state index is 8.91. The zero-order valence-corrected chi connectivity index (χ0v) is 10.7. The molecule has 6 heteroatoms. The van der Waals surface area contributed by atoms with Gasteiger partial charge in [-0.15, -0.1) is 0 Å². The predicted molar refractivity (Wildman–Crippen MR) is 68.4 cm³/mol. The van der Waals surface area contributed by atoms with Crippen molar-refractivity contribution in [3.63, 3.8) is 0 Å². The van der Waals surface area contributed by atoms with Crippen LogP contribution in [0.2, 0.25) is 0 Å². The van der Waals surface area contributed by atoms with E-state index < -0.39 is 0 Å². The number of pyridine rings is 1. The smallest absolute Gasteiger partial charge is 0.157 e. The van der Waals surface area contributed by atoms with Crippen molar-refractivity contribution in [3.05, 3.63) is 17.8 Å². The van der Waals surface area contributed by atoms with Crippen molar-refractivity contribution in [3.8, 4) is 11.8 Å². The van der Waals surface area contributed by atoms with E-state index >= 15 is 0 Å². The lowest BCUT2D eigenvalue weighted by atomic mass is 10.2. The molecule has 0 amide bonds. The summed E-state index contributed by atoms with van der Waals surface area (Å²) in [5.74, 6) is 0.758. The van der Waals surface area contributed by atoms with Crippen LogP contribution < -0.4 is 10.5 Å². The molecule has 1 aliphatic heterocycles. The zero-order valence-electron chi connectivity index (χ0n) is 10.7. The topological polar surface area (TPSA) is 90.4 Å². The lowest BCUT2D eigenvalue weighted by molar-refractivity contribution is -0.165. The number of nitrogens with two attached hydrogens (primary N) is 1. The van der Waals surface area contributed by atoms with Crippen molar-refractivity contribution in [2.45, 2.75) is 25.6 Å². The Morgan fingerprint density at radius 1 is 1.47 bits per heavy atom. The van der Waals surface area contributed by atoms with E-state index in [-0.39, 0.29) is 6.29 Å². The highest BCUT2D eigenvalue weighted by atomic mass is 16.7. The van der Waals surface area contributed by atoms with Crippen molar-refractivity contribution in [2.24, 2.45) is 0 Å². The average molecular weight is 263 g/mol. The molecule has 1 atom stereocenters. The van der Waals surface area contributed by atoms with Crippen LogP contribution in [0.15, 0.2) is 12.3 Å². The summed E-state index contributed by atoms with van der Waals surface area (Å²) in [6.07, 6.45) is 4.42. The first-order valence-electron chi connectivity index (χ1n) is 6.31. The lowest BCUT2D eigenvalue weighted by Gasteiger charge is -2.22. The molecule has 1 fully saturated rings. The number of nitrogens with zero attached hydrogens (tertiary/aromatic N) is 2. The second kappa shape index (κ2) is 6.92. The highest BCUT2D eigenvalue weighted by Gasteiger charge is 2.13. The van der Waals surface area contributed by atoms with Crippen LogP contribution in [0.4, 0.5) is 5.82 Å². The van der Waals surface area contributed by atoms with Crippen LogP contribution in [0.25, 0.3) is 0 Å². The number of nitrogen functional groups attached to an aromatic ring is 1. The second-order valence-corrected chi connectivity index (χ2v) is 4.23. The third kappa shape index (κ3) is 4.09. The monoisotopic (exact) mass is 263 g/mol. The summed E-state index contributed by atoms with van der Waals surface area (Å²) in [5, 5.41) is 8.91. The Bertz CT molecular complexity index is 453. The Hall–Kier alpha value is -1.84. The van der Waals surface area contributed by atoms with E-state index in [2.05, 4.69) is 4.98 Å². The van der Waals surface area contributed by atoms with E-state index in [1.54, 1.807) is 0 Å². The predicted octanol–water partition coefficient (Wildman–Crippen LogP) is 1.46. The first kappa shape index (κ1) is 13.6. The van der Waals surface area contributed by atoms with Crippen LogP contribution >= 0.6 is 0 Å². The number of aromatic nitrogens is 1. The van der Waals surface area contributed by atoms with Gasteiger partial charge in [0.05, 0.1) is 12.8 Å². The first-order chi connectivity index (χ1) is 9.29. The molecule has 0 bridgehead atoms. The Labute approximate surface area is 112 Å². The van der Waals surface area contributed by atoms with Crippen LogP contribution in [0, 0.1) is 11.3 Å². The average Bonchev–Trinajstić information content (AvgIpc) is 2.45. The van der Waals surface area contributed by atoms with Gasteiger partial charge in [-0.25, -0.2) is 4.98 Å². The molecule has 1 aromatic rings. The fraction of sp³-hybridized carbons (Fsp3) is 0.538. The normalized spacial score (nSPS) is 18.8. The quantitative estimate of drug-likeness (QED) is 0.809. The summed E-state index contributed by atoms with van der Waals surface area (Å²) in [4.78, 5) is 3.84. The van der Waals surface area contributed by atoms with Gasteiger partial charge in [0.1, 0.15) is 29.8 Å². The molecule has 0 unspecified atom stereocenters. The van der Waals surface area contributed by atoms with Gasteiger partial charge in [-0.3, -0.25) is 0 Å². The van der Waals surface area contributed by atoms with Crippen molar-refractivity contribution >= 4 is 5.82 Å². The largest absolute Gasteiger partial charge is 0.490 e. The molecule has 102 valence electrons. The third-order valence-corrected chi connectivity index (χ3v) is 2.79. The molecule has 1 aromatic heterocycles. The van der Waals surface area contributed by atoms with Gasteiger partial charge in [-0.05, 0) is 19.3 Å². The summed E-state index contributed by atoms with van der Waals surface area (Å²) in [7, 11) is 0. The van der Waals surface area contributed by atoms with Crippen LogP contribution in [0.5, 0.6) is 5.75 Å². The van der Waals surface area contributed by atoms with E-state index in [1.807, 2.05) is 6.07 Å². The molecule has 2 rings (SSSR count). The molecule has 2 N–H and O–H groups in total. The minimum Gasteiger partial charge on any atom is -0.490 e. The van der Waals surface area contributed by atoms with Gasteiger partial charge in [0.2, 0.25) is 0 Å². The van der Waals surface area contributed by atoms with Crippen LogP contribution in [0.1, 0.15) is 24.8 Å². The minimum absolute atomic E-state index is 0.129. The van der Waals surface area contributed by atoms with E-state index in [0.717, 1.165) is 25.9 Å². The maximum atomic E-state index is 8.91. The van der Waals surface area contributed by atoms with Gasteiger partial charge in [-0.1, -0.05) is 0 Å². The number of hydrogen-bond acceptors (Lipinski definition) is 6. The summed E-state index contributed by atoms with van der Waals surface area (Å²) in [6, 6.07) is 3.54. The number of anilines is 1. The molecular formula is C13H17N3O3. The van der Waals surface area contributed by atoms with E-state index in [0.29, 0.717) is 30.3 Å². The Morgan fingerprint density at radius 3 is 3.11 bits per heavy atom. The van der Waals surface area contributed by atoms with Crippen LogP contribution in [-0.4, -0.2) is 31.1 Å². The maximum Gasteiger partial charge on any atom is 0.157 e. The van der Waals surface area contributed by atoms with E-state index in [4.69, 9.17) is 25.2 Å². The van der Waals surface area contributed by atoms with Gasteiger partial charge in [0.25, 0.3) is 0 Å². The molecule has 2 heterocycles. The molecule has 0 radical (unpaired) electrons. The molecule has 0 spiro atoms. The van der Waals surface area contributed by atoms with Crippen molar-refractivity contribution in [2.75, 3.05) is 25.6 Å². The number of hydrogen-bond donors (Lipinski definition) is 1. The fourth-order valence-corrected chi connectivity index (χ4v) is 1.83. The Balaban J connectivity index is 1.76. The second-order valence-electron chi connectivity index (χ2n) is 4.23. The SMILES string of the molecule is N#Cc1cnc(N)cc1OCCO[C@H]1CCCCO1. The summed E-state index contributed by atoms with van der Waals surface area (Å²) >= 11 is 0. The highest BCUT2D eigenvalue weighted by molar-refractivity contribution is 5.47. The minimum atomic E-state index is -0.129. The molecule has 0 aliphatic carbocycles. The number of nitriles is 1. The molecule has 1 saturated heterocycles. The van der Waals surface area contributed by atoms with E-state index in [1.165, 1.54) is 12.3 Å². The van der Waals surface area contributed by atoms with Gasteiger partial charge in [0.15, 0.2) is 6.29 Å². The van der Waals surface area contributed by atoms with Crippen molar-refractivity contribution in [1.29, 1.82) is 5.26 Å². The molecule has 0 saturated carbocycles. The van der Waals surface area contributed by atoms with Gasteiger partial charge < -0.3 is 19.9 Å². The standard InChI is InChI=1S/C13H17N3O3/c14-8-10-9-16-12(15)7-11(10)17-5-6-19-13-3-1-2-4-18-13/h7,9,13H,1-6H2,(H2,15,16)/t13-/m0/s1. The third-order valence-electron chi connectivity index (χ3n) is 2.79. The van der Waals surface area contributed by atoms with Gasteiger partial charge in [-0.2, -0.15) is 5.26 Å². The molecule has 6 nitrogen and oxygen atoms in total. The van der Waals surface area contributed by atoms with Gasteiger partial charge >= 0.3 is 0 Å². The fourth-order valence-electron chi connectivity index (χ4n) is 1.83. The first-order valence-corrected chi connectivity index (χ1v) is 6.31. The van der Waals surface area contributed by atoms with Crippen LogP contribution in [0.3, 0.4) is 0 Å². The Kier molecular flexibility index (Phi) is 4.95. The van der Waals surface area contributed by atoms with E-state index in [9.17, 15) is 0 Å². The number of ether oxygens (including phenoxy) is 3. The van der Waals surface area contributed by atoms with Crippen molar-refractivity contribution in [1.82, 2.24) is 4.98 Å². The molecular weight excluding hydrogens is 246 g/mol. The molecule has 1 aliphatic rings. The molecule has 0 aromatic carbocycles. The number of rotatable bonds is 5. The molecule has 19 heavy (non-hydrogen) atoms. The van der Waals surface area contributed by atoms with Crippen LogP contribution in [-0.2, 0) is 9.47 Å². The van der Waals surface area contributed by atoms with Gasteiger partial charge in [0, 0.05) is 12.7 Å². The summed E-state index contributed by atoms with van der Waals surface area (Å²) < 4.78 is 16.4. The lowest BCUT2D eigenvalue weighted by Crippen LogP contribution is -2.24.